The molecular weight excluding hydrogens is 188 g/mol. The first-order valence-corrected chi connectivity index (χ1v) is 4.86. The standard InChI is InChI=1S/C12H12N2O/c1-9-5-4-8-11(13-9)14-12(15)10-6-2-3-7-10/h2-6,8H,7H2,1H3,(H,13,14,15). The molecule has 0 fully saturated rings. The molecular formula is C12H12N2O. The molecule has 1 aliphatic rings. The molecule has 0 radical (unpaired) electrons. The number of aromatic nitrogens is 1. The number of nitrogens with one attached hydrogen (secondary N) is 1. The molecule has 0 unspecified atom stereocenters. The number of aryl methyl sites for hydroxylation is 1. The van der Waals surface area contributed by atoms with Crippen molar-refractivity contribution in [3.63, 3.8) is 0 Å². The van der Waals surface area contributed by atoms with Crippen molar-refractivity contribution in [1.82, 2.24) is 4.98 Å². The molecule has 3 nitrogen and oxygen atoms in total. The third kappa shape index (κ3) is 2.31. The van der Waals surface area contributed by atoms with E-state index in [1.165, 1.54) is 0 Å². The van der Waals surface area contributed by atoms with E-state index >= 15 is 0 Å². The predicted octanol–water partition coefficient (Wildman–Crippen LogP) is 2.21. The summed E-state index contributed by atoms with van der Waals surface area (Å²) >= 11 is 0. The Labute approximate surface area is 88.5 Å². The van der Waals surface area contributed by atoms with Crippen molar-refractivity contribution in [2.75, 3.05) is 5.32 Å². The molecule has 76 valence electrons. The highest BCUT2D eigenvalue weighted by Gasteiger charge is 2.10. The van der Waals surface area contributed by atoms with Gasteiger partial charge in [-0.3, -0.25) is 4.79 Å². The summed E-state index contributed by atoms with van der Waals surface area (Å²) in [7, 11) is 0. The average Bonchev–Trinajstić information content (AvgIpc) is 2.70. The fourth-order valence-electron chi connectivity index (χ4n) is 1.42. The summed E-state index contributed by atoms with van der Waals surface area (Å²) in [5, 5.41) is 2.77. The van der Waals surface area contributed by atoms with Crippen molar-refractivity contribution in [3.8, 4) is 0 Å². The number of allylic oxidation sites excluding steroid dienone is 3. The zero-order chi connectivity index (χ0) is 10.7. The molecule has 2 rings (SSSR count). The molecule has 1 heterocycles. The van der Waals surface area contributed by atoms with Gasteiger partial charge in [-0.15, -0.1) is 0 Å². The molecule has 3 heteroatoms. The quantitative estimate of drug-likeness (QED) is 0.795. The number of anilines is 1. The summed E-state index contributed by atoms with van der Waals surface area (Å²) < 4.78 is 0. The lowest BCUT2D eigenvalue weighted by Gasteiger charge is -2.05. The van der Waals surface area contributed by atoms with Crippen LogP contribution in [0.2, 0.25) is 0 Å². The van der Waals surface area contributed by atoms with E-state index in [9.17, 15) is 4.79 Å². The van der Waals surface area contributed by atoms with E-state index in [4.69, 9.17) is 0 Å². The van der Waals surface area contributed by atoms with E-state index < -0.39 is 0 Å². The van der Waals surface area contributed by atoms with Crippen molar-refractivity contribution in [1.29, 1.82) is 0 Å². The van der Waals surface area contributed by atoms with E-state index in [-0.39, 0.29) is 5.91 Å². The molecule has 1 N–H and O–H groups in total. The van der Waals surface area contributed by atoms with Crippen molar-refractivity contribution in [2.24, 2.45) is 0 Å². The van der Waals surface area contributed by atoms with E-state index in [2.05, 4.69) is 10.3 Å². The summed E-state index contributed by atoms with van der Waals surface area (Å²) in [6.45, 7) is 1.89. The van der Waals surface area contributed by atoms with Crippen molar-refractivity contribution in [3.05, 3.63) is 47.7 Å². The number of nitrogens with zero attached hydrogens (tertiary/aromatic N) is 1. The number of carbonyl (C=O) groups is 1. The maximum Gasteiger partial charge on any atom is 0.253 e. The smallest absolute Gasteiger partial charge is 0.253 e. The number of carbonyl (C=O) groups excluding carboxylic acids is 1. The van der Waals surface area contributed by atoms with E-state index in [1.807, 2.05) is 37.3 Å². The van der Waals surface area contributed by atoms with Crippen molar-refractivity contribution < 1.29 is 4.79 Å². The third-order valence-electron chi connectivity index (χ3n) is 2.19. The van der Waals surface area contributed by atoms with E-state index in [0.29, 0.717) is 12.2 Å². The summed E-state index contributed by atoms with van der Waals surface area (Å²) in [4.78, 5) is 15.9. The molecule has 1 aliphatic carbocycles. The topological polar surface area (TPSA) is 42.0 Å². The molecule has 0 saturated carbocycles. The van der Waals surface area contributed by atoms with Crippen LogP contribution < -0.4 is 5.32 Å². The summed E-state index contributed by atoms with van der Waals surface area (Å²) in [6, 6.07) is 5.55. The van der Waals surface area contributed by atoms with Gasteiger partial charge in [-0.05, 0) is 25.5 Å². The second kappa shape index (κ2) is 4.09. The van der Waals surface area contributed by atoms with Crippen LogP contribution in [-0.2, 0) is 4.79 Å². The van der Waals surface area contributed by atoms with Gasteiger partial charge in [0.1, 0.15) is 5.82 Å². The predicted molar refractivity (Wildman–Crippen MR) is 59.4 cm³/mol. The number of hydrogen-bond donors (Lipinski definition) is 1. The van der Waals surface area contributed by atoms with Crippen LogP contribution in [0.5, 0.6) is 0 Å². The van der Waals surface area contributed by atoms with Crippen LogP contribution in [0.3, 0.4) is 0 Å². The highest BCUT2D eigenvalue weighted by Crippen LogP contribution is 2.13. The summed E-state index contributed by atoms with van der Waals surface area (Å²) in [5.74, 6) is 0.533. The Hall–Kier alpha value is -1.90. The van der Waals surface area contributed by atoms with Gasteiger partial charge in [-0.2, -0.15) is 0 Å². The molecule has 0 spiro atoms. The van der Waals surface area contributed by atoms with Gasteiger partial charge >= 0.3 is 0 Å². The lowest BCUT2D eigenvalue weighted by atomic mass is 10.2. The normalized spacial score (nSPS) is 13.8. The van der Waals surface area contributed by atoms with Crippen molar-refractivity contribution >= 4 is 11.7 Å². The lowest BCUT2D eigenvalue weighted by Crippen LogP contribution is -2.14. The van der Waals surface area contributed by atoms with Gasteiger partial charge in [-0.25, -0.2) is 4.98 Å². The van der Waals surface area contributed by atoms with Crippen LogP contribution in [0.25, 0.3) is 0 Å². The highest BCUT2D eigenvalue weighted by atomic mass is 16.1. The monoisotopic (exact) mass is 200 g/mol. The average molecular weight is 200 g/mol. The molecule has 0 aromatic carbocycles. The van der Waals surface area contributed by atoms with Gasteiger partial charge in [0, 0.05) is 11.3 Å². The molecule has 1 aromatic heterocycles. The first-order valence-electron chi connectivity index (χ1n) is 4.86. The molecule has 15 heavy (non-hydrogen) atoms. The fraction of sp³-hybridized carbons (Fsp3) is 0.167. The number of rotatable bonds is 2. The van der Waals surface area contributed by atoms with Gasteiger partial charge in [0.15, 0.2) is 0 Å². The Morgan fingerprint density at radius 2 is 2.33 bits per heavy atom. The minimum absolute atomic E-state index is 0.0712. The van der Waals surface area contributed by atoms with Crippen LogP contribution in [0.15, 0.2) is 42.0 Å². The Morgan fingerprint density at radius 1 is 1.47 bits per heavy atom. The Bertz CT molecular complexity index is 447. The first-order chi connectivity index (χ1) is 7.25. The SMILES string of the molecule is Cc1cccc(NC(=O)C2=CC=CC2)n1. The second-order valence-electron chi connectivity index (χ2n) is 3.44. The van der Waals surface area contributed by atoms with E-state index in [0.717, 1.165) is 11.3 Å². The third-order valence-corrected chi connectivity index (χ3v) is 2.19. The Kier molecular flexibility index (Phi) is 2.63. The summed E-state index contributed by atoms with van der Waals surface area (Å²) in [6.07, 6.45) is 6.37. The molecule has 1 amide bonds. The van der Waals surface area contributed by atoms with Crippen molar-refractivity contribution in [2.45, 2.75) is 13.3 Å². The molecule has 1 aromatic rings. The molecule has 0 atom stereocenters. The zero-order valence-corrected chi connectivity index (χ0v) is 8.53. The largest absolute Gasteiger partial charge is 0.307 e. The molecule has 0 aliphatic heterocycles. The molecule has 0 bridgehead atoms. The van der Waals surface area contributed by atoms with Crippen LogP contribution >= 0.6 is 0 Å². The fourth-order valence-corrected chi connectivity index (χ4v) is 1.42. The summed E-state index contributed by atoms with van der Waals surface area (Å²) in [5.41, 5.74) is 1.67. The maximum absolute atomic E-state index is 11.7. The number of pyridine rings is 1. The van der Waals surface area contributed by atoms with Crippen LogP contribution in [0.4, 0.5) is 5.82 Å². The minimum Gasteiger partial charge on any atom is -0.307 e. The van der Waals surface area contributed by atoms with Gasteiger partial charge in [0.05, 0.1) is 0 Å². The number of amides is 1. The highest BCUT2D eigenvalue weighted by molar-refractivity contribution is 6.04. The number of hydrogen-bond acceptors (Lipinski definition) is 2. The van der Waals surface area contributed by atoms with Gasteiger partial charge in [0.25, 0.3) is 5.91 Å². The van der Waals surface area contributed by atoms with Gasteiger partial charge in [0.2, 0.25) is 0 Å². The lowest BCUT2D eigenvalue weighted by molar-refractivity contribution is -0.112. The van der Waals surface area contributed by atoms with Gasteiger partial charge < -0.3 is 5.32 Å². The van der Waals surface area contributed by atoms with Crippen LogP contribution in [-0.4, -0.2) is 10.9 Å². The second-order valence-corrected chi connectivity index (χ2v) is 3.44. The zero-order valence-electron chi connectivity index (χ0n) is 8.53. The Morgan fingerprint density at radius 3 is 3.00 bits per heavy atom. The van der Waals surface area contributed by atoms with E-state index in [1.54, 1.807) is 6.07 Å². The molecule has 0 saturated heterocycles. The maximum atomic E-state index is 11.7. The van der Waals surface area contributed by atoms with Gasteiger partial charge in [-0.1, -0.05) is 24.3 Å². The Balaban J connectivity index is 2.06. The van der Waals surface area contributed by atoms with Crippen LogP contribution in [0.1, 0.15) is 12.1 Å². The van der Waals surface area contributed by atoms with Crippen LogP contribution in [0, 0.1) is 6.92 Å². The first kappa shape index (κ1) is 9.65. The minimum atomic E-state index is -0.0712.